The van der Waals surface area contributed by atoms with E-state index in [2.05, 4.69) is 23.6 Å². The smallest absolute Gasteiger partial charge is 0.123 e. The molecule has 4 nitrogen and oxygen atoms in total. The zero-order valence-corrected chi connectivity index (χ0v) is 13.4. The van der Waals surface area contributed by atoms with Crippen LogP contribution in [-0.4, -0.2) is 55.7 Å². The van der Waals surface area contributed by atoms with E-state index in [4.69, 9.17) is 10.5 Å². The lowest BCUT2D eigenvalue weighted by molar-refractivity contribution is 0.109. The predicted octanol–water partition coefficient (Wildman–Crippen LogP) is 1.80. The second-order valence-corrected chi connectivity index (χ2v) is 6.20. The standard InChI is InChI=1S/C17H29N3O/c1-15(2)14-20-9-7-19(8-10-20)11-12-21-17-6-4-3-5-16(17)13-18/h3-6,15H,7-14,18H2,1-2H3. The molecule has 0 spiro atoms. The van der Waals surface area contributed by atoms with Crippen molar-refractivity contribution in [2.45, 2.75) is 20.4 Å². The highest BCUT2D eigenvalue weighted by atomic mass is 16.5. The molecule has 118 valence electrons. The van der Waals surface area contributed by atoms with Crippen LogP contribution in [0.25, 0.3) is 0 Å². The van der Waals surface area contributed by atoms with Crippen molar-refractivity contribution >= 4 is 0 Å². The van der Waals surface area contributed by atoms with Gasteiger partial charge in [0.1, 0.15) is 12.4 Å². The lowest BCUT2D eigenvalue weighted by atomic mass is 10.2. The first kappa shape index (κ1) is 16.3. The summed E-state index contributed by atoms with van der Waals surface area (Å²) in [6.07, 6.45) is 0. The largest absolute Gasteiger partial charge is 0.492 e. The highest BCUT2D eigenvalue weighted by Gasteiger charge is 2.17. The molecule has 2 rings (SSSR count). The number of rotatable bonds is 7. The molecule has 0 radical (unpaired) electrons. The van der Waals surface area contributed by atoms with Gasteiger partial charge >= 0.3 is 0 Å². The molecule has 2 N–H and O–H groups in total. The van der Waals surface area contributed by atoms with Crippen molar-refractivity contribution in [3.8, 4) is 5.75 Å². The first-order valence-electron chi connectivity index (χ1n) is 8.04. The topological polar surface area (TPSA) is 41.7 Å². The molecule has 0 amide bonds. The summed E-state index contributed by atoms with van der Waals surface area (Å²) in [6, 6.07) is 8.03. The molecule has 0 unspecified atom stereocenters. The van der Waals surface area contributed by atoms with Gasteiger partial charge in [-0.25, -0.2) is 0 Å². The van der Waals surface area contributed by atoms with Crippen molar-refractivity contribution < 1.29 is 4.74 Å². The van der Waals surface area contributed by atoms with Crippen LogP contribution in [0.3, 0.4) is 0 Å². The Morgan fingerprint density at radius 3 is 2.43 bits per heavy atom. The van der Waals surface area contributed by atoms with Crippen LogP contribution in [0.2, 0.25) is 0 Å². The maximum absolute atomic E-state index is 5.89. The number of ether oxygens (including phenoxy) is 1. The van der Waals surface area contributed by atoms with Gasteiger partial charge in [0, 0.05) is 51.4 Å². The van der Waals surface area contributed by atoms with Crippen LogP contribution in [0.15, 0.2) is 24.3 Å². The molecule has 0 bridgehead atoms. The fourth-order valence-corrected chi connectivity index (χ4v) is 2.81. The lowest BCUT2D eigenvalue weighted by Gasteiger charge is -2.35. The molecule has 1 fully saturated rings. The number of nitrogens with zero attached hydrogens (tertiary/aromatic N) is 2. The fourth-order valence-electron chi connectivity index (χ4n) is 2.81. The van der Waals surface area contributed by atoms with Gasteiger partial charge in [-0.05, 0) is 12.0 Å². The number of piperazine rings is 1. The van der Waals surface area contributed by atoms with Crippen molar-refractivity contribution in [1.29, 1.82) is 0 Å². The van der Waals surface area contributed by atoms with Crippen LogP contribution in [0.1, 0.15) is 19.4 Å². The van der Waals surface area contributed by atoms with E-state index in [1.807, 2.05) is 24.3 Å². The second kappa shape index (κ2) is 8.37. The Labute approximate surface area is 128 Å². The van der Waals surface area contributed by atoms with E-state index < -0.39 is 0 Å². The van der Waals surface area contributed by atoms with E-state index >= 15 is 0 Å². The summed E-state index contributed by atoms with van der Waals surface area (Å²) in [5.74, 6) is 1.69. The summed E-state index contributed by atoms with van der Waals surface area (Å²) in [5.41, 5.74) is 6.81. The minimum absolute atomic E-state index is 0.532. The van der Waals surface area contributed by atoms with Crippen LogP contribution >= 0.6 is 0 Å². The normalized spacial score (nSPS) is 17.3. The third-order valence-corrected chi connectivity index (χ3v) is 3.95. The Morgan fingerprint density at radius 1 is 1.10 bits per heavy atom. The van der Waals surface area contributed by atoms with E-state index in [9.17, 15) is 0 Å². The summed E-state index contributed by atoms with van der Waals surface area (Å²) in [5, 5.41) is 0. The quantitative estimate of drug-likeness (QED) is 0.832. The van der Waals surface area contributed by atoms with Gasteiger partial charge in [-0.2, -0.15) is 0 Å². The lowest BCUT2D eigenvalue weighted by Crippen LogP contribution is -2.48. The van der Waals surface area contributed by atoms with E-state index in [-0.39, 0.29) is 0 Å². The third kappa shape index (κ3) is 5.30. The number of hydrogen-bond acceptors (Lipinski definition) is 4. The van der Waals surface area contributed by atoms with Crippen molar-refractivity contribution in [2.75, 3.05) is 45.9 Å². The molecule has 1 aromatic rings. The van der Waals surface area contributed by atoms with Gasteiger partial charge in [0.25, 0.3) is 0 Å². The number of para-hydroxylation sites is 1. The molecule has 1 aromatic carbocycles. The second-order valence-electron chi connectivity index (χ2n) is 6.20. The van der Waals surface area contributed by atoms with Gasteiger partial charge < -0.3 is 15.4 Å². The Balaban J connectivity index is 1.68. The van der Waals surface area contributed by atoms with E-state index in [1.54, 1.807) is 0 Å². The number of hydrogen-bond donors (Lipinski definition) is 1. The summed E-state index contributed by atoms with van der Waals surface area (Å²) >= 11 is 0. The summed E-state index contributed by atoms with van der Waals surface area (Å²) in [7, 11) is 0. The molecule has 1 saturated heterocycles. The molecular weight excluding hydrogens is 262 g/mol. The van der Waals surface area contributed by atoms with Gasteiger partial charge in [-0.3, -0.25) is 4.90 Å². The third-order valence-electron chi connectivity index (χ3n) is 3.95. The van der Waals surface area contributed by atoms with Crippen molar-refractivity contribution in [1.82, 2.24) is 9.80 Å². The summed E-state index contributed by atoms with van der Waals surface area (Å²) < 4.78 is 5.89. The van der Waals surface area contributed by atoms with Gasteiger partial charge in [-0.15, -0.1) is 0 Å². The van der Waals surface area contributed by atoms with Crippen molar-refractivity contribution in [2.24, 2.45) is 11.7 Å². The first-order valence-corrected chi connectivity index (χ1v) is 8.04. The molecular formula is C17H29N3O. The highest BCUT2D eigenvalue weighted by Crippen LogP contribution is 2.17. The zero-order valence-electron chi connectivity index (χ0n) is 13.4. The Kier molecular flexibility index (Phi) is 6.49. The maximum atomic E-state index is 5.89. The van der Waals surface area contributed by atoms with Crippen LogP contribution in [0.4, 0.5) is 0 Å². The molecule has 0 aliphatic carbocycles. The van der Waals surface area contributed by atoms with Gasteiger partial charge in [-0.1, -0.05) is 32.0 Å². The molecule has 1 aliphatic heterocycles. The van der Waals surface area contributed by atoms with Crippen molar-refractivity contribution in [3.05, 3.63) is 29.8 Å². The predicted molar refractivity (Wildman–Crippen MR) is 87.5 cm³/mol. The van der Waals surface area contributed by atoms with Crippen LogP contribution in [0.5, 0.6) is 5.75 Å². The molecule has 0 saturated carbocycles. The first-order chi connectivity index (χ1) is 10.2. The number of nitrogens with two attached hydrogens (primary N) is 1. The van der Waals surface area contributed by atoms with Crippen LogP contribution in [0, 0.1) is 5.92 Å². The van der Waals surface area contributed by atoms with E-state index in [1.165, 1.54) is 19.6 Å². The molecule has 1 aliphatic rings. The van der Waals surface area contributed by atoms with Crippen LogP contribution < -0.4 is 10.5 Å². The minimum Gasteiger partial charge on any atom is -0.492 e. The highest BCUT2D eigenvalue weighted by molar-refractivity contribution is 5.32. The van der Waals surface area contributed by atoms with Crippen molar-refractivity contribution in [3.63, 3.8) is 0 Å². The Morgan fingerprint density at radius 2 is 1.76 bits per heavy atom. The number of benzene rings is 1. The maximum Gasteiger partial charge on any atom is 0.123 e. The minimum atomic E-state index is 0.532. The van der Waals surface area contributed by atoms with Gasteiger partial charge in [0.2, 0.25) is 0 Å². The molecule has 0 aromatic heterocycles. The average molecular weight is 291 g/mol. The molecule has 4 heteroatoms. The van der Waals surface area contributed by atoms with Gasteiger partial charge in [0.05, 0.1) is 0 Å². The van der Waals surface area contributed by atoms with E-state index in [0.717, 1.165) is 43.5 Å². The summed E-state index contributed by atoms with van der Waals surface area (Å²) in [4.78, 5) is 5.05. The Bertz CT molecular complexity index is 414. The Hall–Kier alpha value is -1.10. The summed E-state index contributed by atoms with van der Waals surface area (Å²) in [6.45, 7) is 12.7. The molecule has 1 heterocycles. The fraction of sp³-hybridized carbons (Fsp3) is 0.647. The van der Waals surface area contributed by atoms with Crippen LogP contribution in [-0.2, 0) is 6.54 Å². The molecule has 21 heavy (non-hydrogen) atoms. The zero-order chi connectivity index (χ0) is 15.1. The SMILES string of the molecule is CC(C)CN1CCN(CCOc2ccccc2CN)CC1. The average Bonchev–Trinajstić information content (AvgIpc) is 2.49. The molecule has 0 atom stereocenters. The monoisotopic (exact) mass is 291 g/mol. The van der Waals surface area contributed by atoms with Gasteiger partial charge in [0.15, 0.2) is 0 Å². The van der Waals surface area contributed by atoms with E-state index in [0.29, 0.717) is 6.54 Å².